The quantitative estimate of drug-likeness (QED) is 0.824. The Morgan fingerprint density at radius 1 is 1.39 bits per heavy atom. The van der Waals surface area contributed by atoms with Crippen molar-refractivity contribution in [3.05, 3.63) is 30.3 Å². The summed E-state index contributed by atoms with van der Waals surface area (Å²) >= 11 is 0. The SMILES string of the molecule is C[C@H]1C[C@@H](NS(=O)(=O)c2ccccc2)CN1C#N. The standard InChI is InChI=1S/C12H15N3O2S/c1-10-7-11(8-15(10)9-13)14-18(16,17)12-5-3-2-4-6-12/h2-6,10-11,14H,7-8H2,1H3/t10-,11+/m0/s1. The van der Waals surface area contributed by atoms with Crippen LogP contribution in [0, 0.1) is 11.5 Å². The van der Waals surface area contributed by atoms with Gasteiger partial charge in [0.15, 0.2) is 6.19 Å². The van der Waals surface area contributed by atoms with E-state index in [-0.39, 0.29) is 17.0 Å². The summed E-state index contributed by atoms with van der Waals surface area (Å²) in [6, 6.07) is 8.14. The highest BCUT2D eigenvalue weighted by molar-refractivity contribution is 7.89. The smallest absolute Gasteiger partial charge is 0.240 e. The van der Waals surface area contributed by atoms with Gasteiger partial charge < -0.3 is 4.90 Å². The van der Waals surface area contributed by atoms with Crippen molar-refractivity contribution in [2.75, 3.05) is 6.54 Å². The van der Waals surface area contributed by atoms with E-state index in [1.807, 2.05) is 6.92 Å². The number of benzene rings is 1. The summed E-state index contributed by atoms with van der Waals surface area (Å²) in [5.74, 6) is 0. The predicted molar refractivity (Wildman–Crippen MR) is 66.9 cm³/mol. The number of nitriles is 1. The molecular formula is C12H15N3O2S. The third kappa shape index (κ3) is 2.63. The molecule has 1 saturated heterocycles. The van der Waals surface area contributed by atoms with E-state index in [1.165, 1.54) is 0 Å². The van der Waals surface area contributed by atoms with Crippen LogP contribution in [-0.4, -0.2) is 31.9 Å². The molecule has 1 N–H and O–H groups in total. The summed E-state index contributed by atoms with van der Waals surface area (Å²) < 4.78 is 26.8. The molecule has 0 bridgehead atoms. The fourth-order valence-corrected chi connectivity index (χ4v) is 3.40. The normalized spacial score (nSPS) is 23.9. The van der Waals surface area contributed by atoms with Crippen LogP contribution in [0.2, 0.25) is 0 Å². The van der Waals surface area contributed by atoms with Crippen molar-refractivity contribution in [1.29, 1.82) is 5.26 Å². The number of hydrogen-bond acceptors (Lipinski definition) is 4. The molecule has 0 aliphatic carbocycles. The van der Waals surface area contributed by atoms with Crippen LogP contribution in [0.4, 0.5) is 0 Å². The average Bonchev–Trinajstić information content (AvgIpc) is 2.70. The second-order valence-electron chi connectivity index (χ2n) is 4.47. The molecule has 6 heteroatoms. The molecule has 0 spiro atoms. The minimum absolute atomic E-state index is 0.0819. The van der Waals surface area contributed by atoms with E-state index in [4.69, 9.17) is 5.26 Å². The van der Waals surface area contributed by atoms with Crippen molar-refractivity contribution in [2.24, 2.45) is 0 Å². The molecule has 5 nitrogen and oxygen atoms in total. The fourth-order valence-electron chi connectivity index (χ4n) is 2.14. The lowest BCUT2D eigenvalue weighted by Crippen LogP contribution is -2.36. The fraction of sp³-hybridized carbons (Fsp3) is 0.417. The molecule has 1 fully saturated rings. The lowest BCUT2D eigenvalue weighted by molar-refractivity contribution is 0.386. The number of likely N-dealkylation sites (tertiary alicyclic amines) is 1. The Morgan fingerprint density at radius 2 is 2.06 bits per heavy atom. The number of nitrogens with one attached hydrogen (secondary N) is 1. The maximum atomic E-state index is 12.1. The average molecular weight is 265 g/mol. The van der Waals surface area contributed by atoms with E-state index in [1.54, 1.807) is 35.2 Å². The van der Waals surface area contributed by atoms with Crippen LogP contribution < -0.4 is 4.72 Å². The van der Waals surface area contributed by atoms with Crippen LogP contribution in [0.15, 0.2) is 35.2 Å². The molecule has 1 heterocycles. The largest absolute Gasteiger partial charge is 0.306 e. The van der Waals surface area contributed by atoms with Gasteiger partial charge in [-0.25, -0.2) is 13.1 Å². The maximum Gasteiger partial charge on any atom is 0.240 e. The van der Waals surface area contributed by atoms with Crippen LogP contribution in [0.3, 0.4) is 0 Å². The van der Waals surface area contributed by atoms with E-state index in [9.17, 15) is 8.42 Å². The van der Waals surface area contributed by atoms with E-state index < -0.39 is 10.0 Å². The highest BCUT2D eigenvalue weighted by atomic mass is 32.2. The highest BCUT2D eigenvalue weighted by Crippen LogP contribution is 2.18. The van der Waals surface area contributed by atoms with Crippen molar-refractivity contribution in [3.8, 4) is 6.19 Å². The summed E-state index contributed by atoms with van der Waals surface area (Å²) in [5, 5.41) is 8.87. The molecule has 0 saturated carbocycles. The minimum atomic E-state index is -3.48. The van der Waals surface area contributed by atoms with Gasteiger partial charge in [0, 0.05) is 18.6 Å². The number of sulfonamides is 1. The third-order valence-corrected chi connectivity index (χ3v) is 4.61. The molecule has 2 rings (SSSR count). The molecular weight excluding hydrogens is 250 g/mol. The first kappa shape index (κ1) is 12.9. The second kappa shape index (κ2) is 4.96. The summed E-state index contributed by atoms with van der Waals surface area (Å²) in [5.41, 5.74) is 0. The Bertz CT molecular complexity index is 550. The molecule has 0 amide bonds. The lowest BCUT2D eigenvalue weighted by Gasteiger charge is -2.12. The van der Waals surface area contributed by atoms with Gasteiger partial charge >= 0.3 is 0 Å². The van der Waals surface area contributed by atoms with E-state index in [0.717, 1.165) is 0 Å². The zero-order chi connectivity index (χ0) is 13.2. The van der Waals surface area contributed by atoms with Gasteiger partial charge in [0.2, 0.25) is 10.0 Å². The Kier molecular flexibility index (Phi) is 3.55. The second-order valence-corrected chi connectivity index (χ2v) is 6.18. The molecule has 0 unspecified atom stereocenters. The van der Waals surface area contributed by atoms with Crippen molar-refractivity contribution < 1.29 is 8.42 Å². The topological polar surface area (TPSA) is 73.2 Å². The summed E-state index contributed by atoms with van der Waals surface area (Å²) in [6.45, 7) is 2.35. The Morgan fingerprint density at radius 3 is 2.61 bits per heavy atom. The van der Waals surface area contributed by atoms with Crippen LogP contribution >= 0.6 is 0 Å². The lowest BCUT2D eigenvalue weighted by atomic mass is 10.2. The molecule has 1 aliphatic heterocycles. The molecule has 1 aromatic rings. The molecule has 0 radical (unpaired) electrons. The Labute approximate surface area is 107 Å². The molecule has 18 heavy (non-hydrogen) atoms. The van der Waals surface area contributed by atoms with E-state index >= 15 is 0 Å². The van der Waals surface area contributed by atoms with Crippen molar-refractivity contribution >= 4 is 10.0 Å². The monoisotopic (exact) mass is 265 g/mol. The van der Waals surface area contributed by atoms with Gasteiger partial charge in [0.1, 0.15) is 0 Å². The molecule has 1 aliphatic rings. The van der Waals surface area contributed by atoms with Gasteiger partial charge in [0.05, 0.1) is 4.90 Å². The number of hydrogen-bond donors (Lipinski definition) is 1. The van der Waals surface area contributed by atoms with Crippen LogP contribution in [0.5, 0.6) is 0 Å². The first-order valence-electron chi connectivity index (χ1n) is 5.76. The zero-order valence-corrected chi connectivity index (χ0v) is 10.9. The van der Waals surface area contributed by atoms with Gasteiger partial charge in [-0.1, -0.05) is 18.2 Å². The van der Waals surface area contributed by atoms with Gasteiger partial charge in [-0.15, -0.1) is 0 Å². The number of nitrogens with zero attached hydrogens (tertiary/aromatic N) is 2. The van der Waals surface area contributed by atoms with Gasteiger partial charge in [-0.3, -0.25) is 0 Å². The Balaban J connectivity index is 2.10. The van der Waals surface area contributed by atoms with Crippen LogP contribution in [-0.2, 0) is 10.0 Å². The Hall–Kier alpha value is -1.58. The molecule has 1 aromatic carbocycles. The molecule has 0 aromatic heterocycles. The first-order chi connectivity index (χ1) is 8.53. The van der Waals surface area contributed by atoms with Crippen molar-refractivity contribution in [2.45, 2.75) is 30.3 Å². The van der Waals surface area contributed by atoms with E-state index in [2.05, 4.69) is 10.9 Å². The van der Waals surface area contributed by atoms with Crippen molar-refractivity contribution in [1.82, 2.24) is 9.62 Å². The number of rotatable bonds is 3. The van der Waals surface area contributed by atoms with Gasteiger partial charge in [-0.2, -0.15) is 5.26 Å². The van der Waals surface area contributed by atoms with Crippen LogP contribution in [0.25, 0.3) is 0 Å². The summed E-state index contributed by atoms with van der Waals surface area (Å²) in [7, 11) is -3.48. The maximum absolute atomic E-state index is 12.1. The minimum Gasteiger partial charge on any atom is -0.306 e. The summed E-state index contributed by atoms with van der Waals surface area (Å²) in [6.07, 6.45) is 2.72. The van der Waals surface area contributed by atoms with Crippen LogP contribution in [0.1, 0.15) is 13.3 Å². The zero-order valence-electron chi connectivity index (χ0n) is 10.1. The molecule has 96 valence electrons. The van der Waals surface area contributed by atoms with Gasteiger partial charge in [-0.05, 0) is 25.5 Å². The first-order valence-corrected chi connectivity index (χ1v) is 7.25. The molecule has 2 atom stereocenters. The highest BCUT2D eigenvalue weighted by Gasteiger charge is 2.31. The van der Waals surface area contributed by atoms with Gasteiger partial charge in [0.25, 0.3) is 0 Å². The predicted octanol–water partition coefficient (Wildman–Crippen LogP) is 0.909. The summed E-state index contributed by atoms with van der Waals surface area (Å²) in [4.78, 5) is 1.85. The third-order valence-electron chi connectivity index (χ3n) is 3.08. The van der Waals surface area contributed by atoms with Crippen molar-refractivity contribution in [3.63, 3.8) is 0 Å². The van der Waals surface area contributed by atoms with E-state index in [0.29, 0.717) is 13.0 Å².